The number of hydrogen-bond donors (Lipinski definition) is 1. The lowest BCUT2D eigenvalue weighted by Gasteiger charge is -2.18. The highest BCUT2D eigenvalue weighted by molar-refractivity contribution is 9.10. The predicted molar refractivity (Wildman–Crippen MR) is 75.8 cm³/mol. The van der Waals surface area contributed by atoms with E-state index in [2.05, 4.69) is 15.9 Å². The van der Waals surface area contributed by atoms with E-state index in [1.54, 1.807) is 14.2 Å². The van der Waals surface area contributed by atoms with E-state index in [0.29, 0.717) is 24.6 Å². The van der Waals surface area contributed by atoms with E-state index in [1.165, 1.54) is 0 Å². The van der Waals surface area contributed by atoms with Crippen LogP contribution in [0.4, 0.5) is 0 Å². The monoisotopic (exact) mass is 331 g/mol. The van der Waals surface area contributed by atoms with Gasteiger partial charge in [0.25, 0.3) is 0 Å². The number of ether oxygens (including phenoxy) is 2. The average Bonchev–Trinajstić information content (AvgIpc) is 2.38. The van der Waals surface area contributed by atoms with Crippen molar-refractivity contribution < 1.29 is 19.4 Å². The van der Waals surface area contributed by atoms with Crippen LogP contribution in [-0.4, -0.2) is 43.8 Å². The first-order valence-electron chi connectivity index (χ1n) is 5.79. The summed E-state index contributed by atoms with van der Waals surface area (Å²) in [5.74, 6) is 0.510. The third kappa shape index (κ3) is 4.40. The van der Waals surface area contributed by atoms with Crippen LogP contribution in [0.3, 0.4) is 0 Å². The van der Waals surface area contributed by atoms with Gasteiger partial charge in [0.05, 0.1) is 25.1 Å². The molecule has 1 rings (SSSR count). The van der Waals surface area contributed by atoms with E-state index in [4.69, 9.17) is 14.6 Å². The number of aliphatic carboxylic acids is 1. The highest BCUT2D eigenvalue weighted by atomic mass is 79.9. The minimum atomic E-state index is -0.793. The Morgan fingerprint density at radius 1 is 1.37 bits per heavy atom. The second-order valence-corrected chi connectivity index (χ2v) is 4.95. The zero-order chi connectivity index (χ0) is 14.4. The van der Waals surface area contributed by atoms with E-state index >= 15 is 0 Å². The summed E-state index contributed by atoms with van der Waals surface area (Å²) in [4.78, 5) is 12.5. The van der Waals surface area contributed by atoms with Crippen molar-refractivity contribution in [1.82, 2.24) is 4.90 Å². The molecule has 0 unspecified atom stereocenters. The Kier molecular flexibility index (Phi) is 6.11. The third-order valence-corrected chi connectivity index (χ3v) is 3.58. The third-order valence-electron chi connectivity index (χ3n) is 2.71. The van der Waals surface area contributed by atoms with Gasteiger partial charge in [0.2, 0.25) is 0 Å². The van der Waals surface area contributed by atoms with Gasteiger partial charge in [0, 0.05) is 13.1 Å². The molecule has 1 aromatic rings. The molecule has 0 heterocycles. The molecule has 1 N–H and O–H groups in total. The van der Waals surface area contributed by atoms with E-state index in [-0.39, 0.29) is 6.42 Å². The smallest absolute Gasteiger partial charge is 0.304 e. The second kappa shape index (κ2) is 7.35. The Morgan fingerprint density at radius 2 is 2.05 bits per heavy atom. The maximum absolute atomic E-state index is 10.5. The van der Waals surface area contributed by atoms with Crippen molar-refractivity contribution in [3.8, 4) is 11.5 Å². The van der Waals surface area contributed by atoms with Crippen LogP contribution >= 0.6 is 15.9 Å². The fraction of sp³-hybridized carbons (Fsp3) is 0.462. The van der Waals surface area contributed by atoms with Crippen molar-refractivity contribution in [1.29, 1.82) is 0 Å². The second-order valence-electron chi connectivity index (χ2n) is 4.16. The zero-order valence-corrected chi connectivity index (χ0v) is 12.9. The fourth-order valence-electron chi connectivity index (χ4n) is 1.71. The minimum Gasteiger partial charge on any atom is -0.493 e. The van der Waals surface area contributed by atoms with Crippen molar-refractivity contribution >= 4 is 21.9 Å². The Bertz CT molecular complexity index is 451. The summed E-state index contributed by atoms with van der Waals surface area (Å²) >= 11 is 3.49. The molecule has 0 aliphatic heterocycles. The van der Waals surface area contributed by atoms with Gasteiger partial charge >= 0.3 is 5.97 Å². The Labute approximate surface area is 121 Å². The van der Waals surface area contributed by atoms with E-state index in [9.17, 15) is 4.79 Å². The van der Waals surface area contributed by atoms with Gasteiger partial charge in [-0.3, -0.25) is 4.79 Å². The Morgan fingerprint density at radius 3 is 2.58 bits per heavy atom. The predicted octanol–water partition coefficient (Wildman–Crippen LogP) is 2.37. The van der Waals surface area contributed by atoms with Crippen molar-refractivity contribution in [3.63, 3.8) is 0 Å². The summed E-state index contributed by atoms with van der Waals surface area (Å²) < 4.78 is 11.3. The lowest BCUT2D eigenvalue weighted by atomic mass is 10.2. The highest BCUT2D eigenvalue weighted by Gasteiger charge is 2.14. The average molecular weight is 332 g/mol. The molecule has 0 aliphatic rings. The molecule has 0 saturated carbocycles. The molecular weight excluding hydrogens is 314 g/mol. The van der Waals surface area contributed by atoms with Crippen molar-refractivity contribution in [2.45, 2.75) is 13.0 Å². The van der Waals surface area contributed by atoms with Crippen LogP contribution in [-0.2, 0) is 11.3 Å². The molecule has 5 nitrogen and oxygen atoms in total. The summed E-state index contributed by atoms with van der Waals surface area (Å²) in [6.45, 7) is 1.13. The van der Waals surface area contributed by atoms with Crippen molar-refractivity contribution in [3.05, 3.63) is 22.2 Å². The van der Waals surface area contributed by atoms with Crippen LogP contribution in [0.15, 0.2) is 16.6 Å². The van der Waals surface area contributed by atoms with Gasteiger partial charge in [0.15, 0.2) is 11.5 Å². The van der Waals surface area contributed by atoms with Crippen LogP contribution in [0.25, 0.3) is 0 Å². The molecule has 106 valence electrons. The maximum atomic E-state index is 10.5. The quantitative estimate of drug-likeness (QED) is 0.831. The number of halogens is 1. The first-order valence-corrected chi connectivity index (χ1v) is 6.58. The van der Waals surface area contributed by atoms with Crippen molar-refractivity contribution in [2.75, 3.05) is 27.8 Å². The Hall–Kier alpha value is -1.27. The number of nitrogens with zero attached hydrogens (tertiary/aromatic N) is 1. The van der Waals surface area contributed by atoms with E-state index < -0.39 is 5.97 Å². The molecule has 0 bridgehead atoms. The van der Waals surface area contributed by atoms with Gasteiger partial charge in [-0.1, -0.05) is 6.07 Å². The summed E-state index contributed by atoms with van der Waals surface area (Å²) in [6, 6.07) is 3.77. The van der Waals surface area contributed by atoms with Gasteiger partial charge in [-0.15, -0.1) is 0 Å². The normalized spacial score (nSPS) is 10.6. The first kappa shape index (κ1) is 15.8. The number of benzene rings is 1. The number of rotatable bonds is 7. The van der Waals surface area contributed by atoms with Gasteiger partial charge in [-0.05, 0) is 34.6 Å². The van der Waals surface area contributed by atoms with Crippen LogP contribution in [0.2, 0.25) is 0 Å². The van der Waals surface area contributed by atoms with Gasteiger partial charge in [-0.2, -0.15) is 0 Å². The molecule has 0 atom stereocenters. The molecule has 0 radical (unpaired) electrons. The van der Waals surface area contributed by atoms with Crippen LogP contribution in [0.5, 0.6) is 11.5 Å². The standard InChI is InChI=1S/C13H18BrNO4/c1-15(7-6-11(16)17)8-9-4-5-10(18-2)13(19-3)12(9)14/h4-5H,6-8H2,1-3H3,(H,16,17). The molecular formula is C13H18BrNO4. The molecule has 0 spiro atoms. The number of carboxylic acid groups (broad SMARTS) is 1. The number of carbonyl (C=O) groups is 1. The molecule has 1 aromatic carbocycles. The minimum absolute atomic E-state index is 0.126. The molecule has 19 heavy (non-hydrogen) atoms. The zero-order valence-electron chi connectivity index (χ0n) is 11.3. The van der Waals surface area contributed by atoms with E-state index in [1.807, 2.05) is 24.1 Å². The van der Waals surface area contributed by atoms with Crippen molar-refractivity contribution in [2.24, 2.45) is 0 Å². The molecule has 0 aromatic heterocycles. The summed E-state index contributed by atoms with van der Waals surface area (Å²) in [6.07, 6.45) is 0.126. The van der Waals surface area contributed by atoms with E-state index in [0.717, 1.165) is 10.0 Å². The summed E-state index contributed by atoms with van der Waals surface area (Å²) in [5, 5.41) is 8.66. The lowest BCUT2D eigenvalue weighted by molar-refractivity contribution is -0.137. The van der Waals surface area contributed by atoms with Crippen LogP contribution < -0.4 is 9.47 Å². The van der Waals surface area contributed by atoms with Crippen LogP contribution in [0, 0.1) is 0 Å². The number of hydrogen-bond acceptors (Lipinski definition) is 4. The number of methoxy groups -OCH3 is 2. The van der Waals surface area contributed by atoms with Crippen LogP contribution in [0.1, 0.15) is 12.0 Å². The molecule has 0 saturated heterocycles. The molecule has 0 fully saturated rings. The van der Waals surface area contributed by atoms with Gasteiger partial charge < -0.3 is 19.5 Å². The maximum Gasteiger partial charge on any atom is 0.304 e. The Balaban J connectivity index is 2.81. The SMILES string of the molecule is COc1ccc(CN(C)CCC(=O)O)c(Br)c1OC. The topological polar surface area (TPSA) is 59.0 Å². The highest BCUT2D eigenvalue weighted by Crippen LogP contribution is 2.37. The fourth-order valence-corrected chi connectivity index (χ4v) is 2.32. The molecule has 6 heteroatoms. The summed E-state index contributed by atoms with van der Waals surface area (Å²) in [5.41, 5.74) is 1.02. The number of carboxylic acids is 1. The molecule has 0 aliphatic carbocycles. The summed E-state index contributed by atoms with van der Waals surface area (Å²) in [7, 11) is 5.05. The van der Waals surface area contributed by atoms with Gasteiger partial charge in [0.1, 0.15) is 0 Å². The molecule has 0 amide bonds. The first-order chi connectivity index (χ1) is 8.99. The lowest BCUT2D eigenvalue weighted by Crippen LogP contribution is -2.21. The largest absolute Gasteiger partial charge is 0.493 e. The van der Waals surface area contributed by atoms with Gasteiger partial charge in [-0.25, -0.2) is 0 Å².